The summed E-state index contributed by atoms with van der Waals surface area (Å²) in [6.07, 6.45) is 5.86. The summed E-state index contributed by atoms with van der Waals surface area (Å²) in [6.45, 7) is 3.68. The van der Waals surface area contributed by atoms with E-state index in [0.717, 1.165) is 44.6 Å². The normalized spacial score (nSPS) is 14.6. The second-order valence-electron chi connectivity index (χ2n) is 4.77. The van der Waals surface area contributed by atoms with Gasteiger partial charge in [-0.25, -0.2) is 0 Å². The van der Waals surface area contributed by atoms with Crippen LogP contribution in [0.5, 0.6) is 0 Å². The van der Waals surface area contributed by atoms with Crippen molar-refractivity contribution in [3.8, 4) is 0 Å². The van der Waals surface area contributed by atoms with Crippen LogP contribution in [0, 0.1) is 0 Å². The Morgan fingerprint density at radius 1 is 1.44 bits per heavy atom. The third-order valence-corrected chi connectivity index (χ3v) is 3.05. The van der Waals surface area contributed by atoms with Crippen LogP contribution < -0.4 is 11.1 Å². The Balaban J connectivity index is 2.24. The van der Waals surface area contributed by atoms with Crippen LogP contribution in [0.4, 0.5) is 0 Å². The quantitative estimate of drug-likeness (QED) is 0.670. The first-order valence-corrected chi connectivity index (χ1v) is 6.73. The summed E-state index contributed by atoms with van der Waals surface area (Å²) in [4.78, 5) is 0. The molecule has 0 aliphatic carbocycles. The third kappa shape index (κ3) is 6.19. The van der Waals surface area contributed by atoms with E-state index in [9.17, 15) is 0 Å². The average molecular weight is 254 g/mol. The van der Waals surface area contributed by atoms with Crippen molar-refractivity contribution in [2.75, 3.05) is 20.3 Å². The Morgan fingerprint density at radius 3 is 2.89 bits per heavy atom. The lowest BCUT2D eigenvalue weighted by Gasteiger charge is -2.22. The second-order valence-corrected chi connectivity index (χ2v) is 4.77. The lowest BCUT2D eigenvalue weighted by atomic mass is 10.1. The number of nitrogens with two attached hydrogens (primary N) is 1. The Morgan fingerprint density at radius 2 is 2.28 bits per heavy atom. The van der Waals surface area contributed by atoms with E-state index in [1.165, 1.54) is 0 Å². The molecule has 104 valence electrons. The fraction of sp³-hybridized carbons (Fsp3) is 0.714. The van der Waals surface area contributed by atoms with Gasteiger partial charge in [0.05, 0.1) is 12.9 Å². The highest BCUT2D eigenvalue weighted by Gasteiger charge is 2.12. The number of ether oxygens (including phenoxy) is 1. The van der Waals surface area contributed by atoms with Gasteiger partial charge in [0, 0.05) is 25.6 Å². The molecule has 4 nitrogen and oxygen atoms in total. The molecular weight excluding hydrogens is 228 g/mol. The fourth-order valence-electron chi connectivity index (χ4n) is 2.08. The van der Waals surface area contributed by atoms with Gasteiger partial charge in [0.15, 0.2) is 0 Å². The molecule has 0 saturated heterocycles. The van der Waals surface area contributed by atoms with Crippen LogP contribution in [0.2, 0.25) is 0 Å². The van der Waals surface area contributed by atoms with Crippen LogP contribution in [0.25, 0.3) is 0 Å². The summed E-state index contributed by atoms with van der Waals surface area (Å²) in [5.41, 5.74) is 5.55. The summed E-state index contributed by atoms with van der Waals surface area (Å²) >= 11 is 0. The number of methoxy groups -OCH3 is 1. The number of hydrogen-bond acceptors (Lipinski definition) is 4. The first-order valence-electron chi connectivity index (χ1n) is 6.73. The molecule has 0 spiro atoms. The van der Waals surface area contributed by atoms with Crippen molar-refractivity contribution in [3.05, 3.63) is 24.2 Å². The second kappa shape index (κ2) is 9.14. The average Bonchev–Trinajstić information content (AvgIpc) is 2.87. The number of furan rings is 1. The van der Waals surface area contributed by atoms with Crippen LogP contribution in [0.15, 0.2) is 22.8 Å². The van der Waals surface area contributed by atoms with Crippen LogP contribution in [0.1, 0.15) is 31.9 Å². The molecule has 0 amide bonds. The zero-order valence-corrected chi connectivity index (χ0v) is 11.5. The smallest absolute Gasteiger partial charge is 0.103 e. The van der Waals surface area contributed by atoms with Crippen molar-refractivity contribution in [2.24, 2.45) is 5.73 Å². The Kier molecular flexibility index (Phi) is 7.73. The lowest BCUT2D eigenvalue weighted by molar-refractivity contribution is 0.155. The molecule has 0 radical (unpaired) electrons. The van der Waals surface area contributed by atoms with Crippen LogP contribution in [-0.4, -0.2) is 32.3 Å². The Hall–Kier alpha value is -0.840. The maximum atomic E-state index is 5.55. The van der Waals surface area contributed by atoms with E-state index in [0.29, 0.717) is 12.1 Å². The van der Waals surface area contributed by atoms with Gasteiger partial charge in [0.2, 0.25) is 0 Å². The summed E-state index contributed by atoms with van der Waals surface area (Å²) in [5.74, 6) is 1.05. The molecule has 0 saturated carbocycles. The number of rotatable bonds is 10. The van der Waals surface area contributed by atoms with Crippen molar-refractivity contribution in [1.29, 1.82) is 0 Å². The van der Waals surface area contributed by atoms with E-state index in [4.69, 9.17) is 14.9 Å². The lowest BCUT2D eigenvalue weighted by Crippen LogP contribution is -2.40. The standard InChI is InChI=1S/C14H26N2O2/c1-12(7-8-14-6-4-10-18-14)16-13(11-17-2)5-3-9-15/h4,6,10,12-13,16H,3,5,7-9,11,15H2,1-2H3. The molecule has 0 aliphatic rings. The van der Waals surface area contributed by atoms with Gasteiger partial charge in [-0.3, -0.25) is 0 Å². The number of aryl methyl sites for hydroxylation is 1. The molecule has 1 rings (SSSR count). The number of hydrogen-bond donors (Lipinski definition) is 2. The van der Waals surface area contributed by atoms with Gasteiger partial charge < -0.3 is 20.2 Å². The van der Waals surface area contributed by atoms with Gasteiger partial charge in [-0.05, 0) is 44.9 Å². The minimum atomic E-state index is 0.394. The van der Waals surface area contributed by atoms with Crippen molar-refractivity contribution in [2.45, 2.75) is 44.7 Å². The maximum Gasteiger partial charge on any atom is 0.103 e. The van der Waals surface area contributed by atoms with E-state index < -0.39 is 0 Å². The molecule has 1 aromatic rings. The van der Waals surface area contributed by atoms with E-state index >= 15 is 0 Å². The molecule has 4 heteroatoms. The molecule has 2 atom stereocenters. The van der Waals surface area contributed by atoms with E-state index in [-0.39, 0.29) is 0 Å². The topological polar surface area (TPSA) is 60.4 Å². The Labute approximate surface area is 110 Å². The zero-order chi connectivity index (χ0) is 13.2. The molecule has 0 bridgehead atoms. The molecule has 0 aromatic carbocycles. The SMILES string of the molecule is COCC(CCCN)NC(C)CCc1ccco1. The first-order chi connectivity index (χ1) is 8.76. The van der Waals surface area contributed by atoms with Gasteiger partial charge in [0.1, 0.15) is 5.76 Å². The molecule has 1 aromatic heterocycles. The van der Waals surface area contributed by atoms with Crippen molar-refractivity contribution >= 4 is 0 Å². The molecule has 2 unspecified atom stereocenters. The highest BCUT2D eigenvalue weighted by atomic mass is 16.5. The van der Waals surface area contributed by atoms with E-state index in [1.54, 1.807) is 13.4 Å². The summed E-state index contributed by atoms with van der Waals surface area (Å²) < 4.78 is 10.6. The van der Waals surface area contributed by atoms with Gasteiger partial charge in [-0.2, -0.15) is 0 Å². The molecule has 1 heterocycles. The maximum absolute atomic E-state index is 5.55. The first kappa shape index (κ1) is 15.2. The zero-order valence-electron chi connectivity index (χ0n) is 11.5. The van der Waals surface area contributed by atoms with Crippen molar-refractivity contribution in [3.63, 3.8) is 0 Å². The third-order valence-electron chi connectivity index (χ3n) is 3.05. The highest BCUT2D eigenvalue weighted by Crippen LogP contribution is 2.07. The monoisotopic (exact) mass is 254 g/mol. The Bertz CT molecular complexity index is 288. The predicted molar refractivity (Wildman–Crippen MR) is 73.6 cm³/mol. The summed E-state index contributed by atoms with van der Waals surface area (Å²) in [5, 5.41) is 3.59. The van der Waals surface area contributed by atoms with E-state index in [1.807, 2.05) is 12.1 Å². The van der Waals surface area contributed by atoms with Gasteiger partial charge >= 0.3 is 0 Å². The largest absolute Gasteiger partial charge is 0.469 e. The minimum Gasteiger partial charge on any atom is -0.469 e. The fourth-order valence-corrected chi connectivity index (χ4v) is 2.08. The molecule has 0 aliphatic heterocycles. The molecular formula is C14H26N2O2. The minimum absolute atomic E-state index is 0.394. The molecule has 0 fully saturated rings. The van der Waals surface area contributed by atoms with E-state index in [2.05, 4.69) is 12.2 Å². The van der Waals surface area contributed by atoms with Crippen LogP contribution >= 0.6 is 0 Å². The van der Waals surface area contributed by atoms with Crippen LogP contribution in [-0.2, 0) is 11.2 Å². The summed E-state index contributed by atoms with van der Waals surface area (Å²) in [7, 11) is 1.74. The highest BCUT2D eigenvalue weighted by molar-refractivity contribution is 4.98. The summed E-state index contributed by atoms with van der Waals surface area (Å²) in [6, 6.07) is 4.80. The van der Waals surface area contributed by atoms with Crippen molar-refractivity contribution in [1.82, 2.24) is 5.32 Å². The van der Waals surface area contributed by atoms with Crippen LogP contribution in [0.3, 0.4) is 0 Å². The van der Waals surface area contributed by atoms with Gasteiger partial charge in [-0.1, -0.05) is 0 Å². The number of nitrogens with one attached hydrogen (secondary N) is 1. The molecule has 3 N–H and O–H groups in total. The van der Waals surface area contributed by atoms with Gasteiger partial charge in [-0.15, -0.1) is 0 Å². The predicted octanol–water partition coefficient (Wildman–Crippen LogP) is 1.94. The van der Waals surface area contributed by atoms with Gasteiger partial charge in [0.25, 0.3) is 0 Å². The molecule has 18 heavy (non-hydrogen) atoms. The van der Waals surface area contributed by atoms with Crippen molar-refractivity contribution < 1.29 is 9.15 Å².